The Morgan fingerprint density at radius 3 is 2.59 bits per heavy atom. The van der Waals surface area contributed by atoms with Crippen molar-refractivity contribution in [2.75, 3.05) is 18.2 Å². The lowest BCUT2D eigenvalue weighted by Crippen LogP contribution is -2.16. The van der Waals surface area contributed by atoms with Gasteiger partial charge in [-0.1, -0.05) is 23.9 Å². The first kappa shape index (κ1) is 18.7. The zero-order valence-electron chi connectivity index (χ0n) is 15.0. The number of thioether (sulfide) groups is 1. The third kappa shape index (κ3) is 4.57. The number of methoxy groups -OCH3 is 1. The fourth-order valence-electron chi connectivity index (χ4n) is 2.55. The van der Waals surface area contributed by atoms with Crippen LogP contribution in [0.4, 0.5) is 5.69 Å². The Labute approximate surface area is 161 Å². The lowest BCUT2D eigenvalue weighted by molar-refractivity contribution is -0.113. The molecule has 0 fully saturated rings. The summed E-state index contributed by atoms with van der Waals surface area (Å²) in [4.78, 5) is 28.3. The molecule has 1 heterocycles. The SMILES string of the molecule is COc1ccc(-n2ccnc2SCC(=O)Nc2ccccc2C(C)=O)cc1. The Balaban J connectivity index is 1.66. The van der Waals surface area contributed by atoms with E-state index in [4.69, 9.17) is 4.74 Å². The number of para-hydroxylation sites is 1. The molecule has 2 aromatic carbocycles. The van der Waals surface area contributed by atoms with Crippen molar-refractivity contribution in [3.8, 4) is 11.4 Å². The summed E-state index contributed by atoms with van der Waals surface area (Å²) in [6.07, 6.45) is 3.53. The van der Waals surface area contributed by atoms with E-state index in [2.05, 4.69) is 10.3 Å². The van der Waals surface area contributed by atoms with Gasteiger partial charge in [0, 0.05) is 23.6 Å². The van der Waals surface area contributed by atoms with Gasteiger partial charge in [-0.3, -0.25) is 14.2 Å². The molecular weight excluding hydrogens is 362 g/mol. The van der Waals surface area contributed by atoms with Gasteiger partial charge in [0.25, 0.3) is 0 Å². The number of ketones is 1. The van der Waals surface area contributed by atoms with E-state index >= 15 is 0 Å². The summed E-state index contributed by atoms with van der Waals surface area (Å²) in [5.41, 5.74) is 1.95. The van der Waals surface area contributed by atoms with E-state index in [-0.39, 0.29) is 17.4 Å². The maximum Gasteiger partial charge on any atom is 0.234 e. The van der Waals surface area contributed by atoms with Gasteiger partial charge in [-0.05, 0) is 43.3 Å². The van der Waals surface area contributed by atoms with E-state index < -0.39 is 0 Å². The van der Waals surface area contributed by atoms with Crippen LogP contribution in [0.5, 0.6) is 5.75 Å². The van der Waals surface area contributed by atoms with Gasteiger partial charge in [0.1, 0.15) is 5.75 Å². The summed E-state index contributed by atoms with van der Waals surface area (Å²) in [5.74, 6) is 0.669. The largest absolute Gasteiger partial charge is 0.497 e. The highest BCUT2D eigenvalue weighted by Gasteiger charge is 2.12. The summed E-state index contributed by atoms with van der Waals surface area (Å²) in [6, 6.07) is 14.6. The second-order valence-electron chi connectivity index (χ2n) is 5.72. The molecule has 0 atom stereocenters. The van der Waals surface area contributed by atoms with E-state index in [1.807, 2.05) is 35.0 Å². The Morgan fingerprint density at radius 2 is 1.89 bits per heavy atom. The van der Waals surface area contributed by atoms with E-state index in [0.717, 1.165) is 11.4 Å². The Morgan fingerprint density at radius 1 is 1.15 bits per heavy atom. The number of imidazole rings is 1. The van der Waals surface area contributed by atoms with Crippen LogP contribution in [0, 0.1) is 0 Å². The van der Waals surface area contributed by atoms with Gasteiger partial charge in [0.05, 0.1) is 18.6 Å². The number of amides is 1. The Kier molecular flexibility index (Phi) is 5.93. The van der Waals surface area contributed by atoms with E-state index in [1.54, 1.807) is 37.6 Å². The minimum atomic E-state index is -0.196. The zero-order chi connectivity index (χ0) is 19.2. The van der Waals surface area contributed by atoms with Crippen LogP contribution in [-0.2, 0) is 4.79 Å². The Bertz CT molecular complexity index is 951. The van der Waals surface area contributed by atoms with Crippen LogP contribution in [0.15, 0.2) is 66.1 Å². The van der Waals surface area contributed by atoms with Crippen LogP contribution in [-0.4, -0.2) is 34.1 Å². The van der Waals surface area contributed by atoms with Crippen LogP contribution in [0.25, 0.3) is 5.69 Å². The van der Waals surface area contributed by atoms with Crippen LogP contribution in [0.1, 0.15) is 17.3 Å². The molecule has 0 saturated heterocycles. The third-order valence-corrected chi connectivity index (χ3v) is 4.84. The van der Waals surface area contributed by atoms with Gasteiger partial charge in [0.15, 0.2) is 10.9 Å². The van der Waals surface area contributed by atoms with Crippen molar-refractivity contribution in [3.05, 3.63) is 66.5 Å². The Hall–Kier alpha value is -3.06. The molecule has 0 bridgehead atoms. The van der Waals surface area contributed by atoms with E-state index in [1.165, 1.54) is 18.7 Å². The molecule has 1 amide bonds. The number of benzene rings is 2. The number of anilines is 1. The molecule has 0 radical (unpaired) electrons. The maximum absolute atomic E-state index is 12.3. The lowest BCUT2D eigenvalue weighted by Gasteiger charge is -2.10. The molecule has 6 nitrogen and oxygen atoms in total. The van der Waals surface area contributed by atoms with Crippen molar-refractivity contribution >= 4 is 29.1 Å². The van der Waals surface area contributed by atoms with Crippen LogP contribution in [0.2, 0.25) is 0 Å². The molecule has 1 aromatic heterocycles. The average molecular weight is 381 g/mol. The molecule has 3 aromatic rings. The second-order valence-corrected chi connectivity index (χ2v) is 6.66. The first-order chi connectivity index (χ1) is 13.1. The molecular formula is C20H19N3O3S. The first-order valence-electron chi connectivity index (χ1n) is 8.29. The minimum absolute atomic E-state index is 0.0893. The fourth-order valence-corrected chi connectivity index (χ4v) is 3.32. The predicted octanol–water partition coefficient (Wildman–Crippen LogP) is 3.81. The summed E-state index contributed by atoms with van der Waals surface area (Å²) < 4.78 is 7.08. The lowest BCUT2D eigenvalue weighted by atomic mass is 10.1. The average Bonchev–Trinajstić information content (AvgIpc) is 3.15. The number of Topliss-reactive ketones (excluding diaryl/α,β-unsaturated/α-hetero) is 1. The molecule has 0 unspecified atom stereocenters. The topological polar surface area (TPSA) is 73.2 Å². The smallest absolute Gasteiger partial charge is 0.234 e. The van der Waals surface area contributed by atoms with Crippen molar-refractivity contribution in [1.82, 2.24) is 9.55 Å². The summed E-state index contributed by atoms with van der Waals surface area (Å²) in [7, 11) is 1.62. The van der Waals surface area contributed by atoms with Gasteiger partial charge >= 0.3 is 0 Å². The number of carbonyl (C=O) groups is 2. The van der Waals surface area contributed by atoms with Crippen molar-refractivity contribution in [1.29, 1.82) is 0 Å². The quantitative estimate of drug-likeness (QED) is 0.498. The second kappa shape index (κ2) is 8.55. The van der Waals surface area contributed by atoms with E-state index in [0.29, 0.717) is 16.4 Å². The van der Waals surface area contributed by atoms with Crippen molar-refractivity contribution in [2.45, 2.75) is 12.1 Å². The number of nitrogens with zero attached hydrogens (tertiary/aromatic N) is 2. The number of aromatic nitrogens is 2. The van der Waals surface area contributed by atoms with Crippen molar-refractivity contribution < 1.29 is 14.3 Å². The van der Waals surface area contributed by atoms with Crippen LogP contribution in [0.3, 0.4) is 0 Å². The molecule has 0 aliphatic heterocycles. The summed E-state index contributed by atoms with van der Waals surface area (Å²) in [5, 5.41) is 3.50. The molecule has 0 aliphatic rings. The molecule has 0 aliphatic carbocycles. The van der Waals surface area contributed by atoms with E-state index in [9.17, 15) is 9.59 Å². The summed E-state index contributed by atoms with van der Waals surface area (Å²) in [6.45, 7) is 1.48. The first-order valence-corrected chi connectivity index (χ1v) is 9.27. The minimum Gasteiger partial charge on any atom is -0.497 e. The van der Waals surface area contributed by atoms with Crippen LogP contribution < -0.4 is 10.1 Å². The summed E-state index contributed by atoms with van der Waals surface area (Å²) >= 11 is 1.32. The van der Waals surface area contributed by atoms with Crippen molar-refractivity contribution in [2.24, 2.45) is 0 Å². The van der Waals surface area contributed by atoms with Crippen LogP contribution >= 0.6 is 11.8 Å². The predicted molar refractivity (Wildman–Crippen MR) is 106 cm³/mol. The molecule has 138 valence electrons. The highest BCUT2D eigenvalue weighted by Crippen LogP contribution is 2.23. The van der Waals surface area contributed by atoms with Gasteiger partial charge in [0.2, 0.25) is 5.91 Å². The molecule has 27 heavy (non-hydrogen) atoms. The number of hydrogen-bond acceptors (Lipinski definition) is 5. The molecule has 3 rings (SSSR count). The van der Waals surface area contributed by atoms with Gasteiger partial charge in [-0.15, -0.1) is 0 Å². The standard InChI is InChI=1S/C20H19N3O3S/c1-14(24)17-5-3-4-6-18(17)22-19(25)13-27-20-21-11-12-23(20)15-7-9-16(26-2)10-8-15/h3-12H,13H2,1-2H3,(H,22,25). The molecule has 0 spiro atoms. The molecule has 7 heteroatoms. The highest BCUT2D eigenvalue weighted by molar-refractivity contribution is 7.99. The zero-order valence-corrected chi connectivity index (χ0v) is 15.8. The van der Waals surface area contributed by atoms with Crippen molar-refractivity contribution in [3.63, 3.8) is 0 Å². The number of carbonyl (C=O) groups excluding carboxylic acids is 2. The number of ether oxygens (including phenoxy) is 1. The monoisotopic (exact) mass is 381 g/mol. The number of nitrogens with one attached hydrogen (secondary N) is 1. The molecule has 1 N–H and O–H groups in total. The normalized spacial score (nSPS) is 10.4. The van der Waals surface area contributed by atoms with Gasteiger partial charge in [-0.2, -0.15) is 0 Å². The molecule has 0 saturated carbocycles. The van der Waals surface area contributed by atoms with Gasteiger partial charge < -0.3 is 10.1 Å². The third-order valence-electron chi connectivity index (χ3n) is 3.87. The number of hydrogen-bond donors (Lipinski definition) is 1. The fraction of sp³-hybridized carbons (Fsp3) is 0.150. The highest BCUT2D eigenvalue weighted by atomic mass is 32.2. The number of rotatable bonds is 7. The van der Waals surface area contributed by atoms with Gasteiger partial charge in [-0.25, -0.2) is 4.98 Å². The maximum atomic E-state index is 12.3.